The van der Waals surface area contributed by atoms with Crippen LogP contribution < -0.4 is 5.32 Å². The Morgan fingerprint density at radius 1 is 1.25 bits per heavy atom. The number of carbonyl (C=O) groups excluding carboxylic acids is 3. The van der Waals surface area contributed by atoms with Crippen LogP contribution in [0.5, 0.6) is 0 Å². The van der Waals surface area contributed by atoms with E-state index in [1.165, 1.54) is 0 Å². The Balaban J connectivity index is 3.20. The zero-order valence-electron chi connectivity index (χ0n) is 15.1. The lowest BCUT2D eigenvalue weighted by Gasteiger charge is -2.45. The molecular weight excluding hydrogens is 386 g/mol. The van der Waals surface area contributed by atoms with Crippen molar-refractivity contribution >= 4 is 23.8 Å². The molecule has 0 radical (unpaired) electrons. The van der Waals surface area contributed by atoms with Crippen molar-refractivity contribution < 1.29 is 58.9 Å². The van der Waals surface area contributed by atoms with Gasteiger partial charge in [0, 0.05) is 20.3 Å². The lowest BCUT2D eigenvalue weighted by molar-refractivity contribution is -0.295. The molecular formula is C15H23NO12. The molecule has 0 aromatic carbocycles. The molecule has 6 atom stereocenters. The molecule has 1 rings (SSSR count). The van der Waals surface area contributed by atoms with Gasteiger partial charge in [-0.2, -0.15) is 0 Å². The van der Waals surface area contributed by atoms with Gasteiger partial charge in [-0.15, -0.1) is 0 Å². The van der Waals surface area contributed by atoms with E-state index in [1.54, 1.807) is 0 Å². The second-order valence-electron chi connectivity index (χ2n) is 6.14. The molecule has 0 saturated carbocycles. The molecule has 0 aromatic rings. The topological polar surface area (TPSA) is 209 Å². The van der Waals surface area contributed by atoms with Crippen LogP contribution in [0.4, 0.5) is 0 Å². The third-order valence-electron chi connectivity index (χ3n) is 3.88. The molecule has 0 aliphatic carbocycles. The molecule has 160 valence electrons. The van der Waals surface area contributed by atoms with E-state index in [1.807, 2.05) is 0 Å². The highest BCUT2D eigenvalue weighted by molar-refractivity contribution is 5.78. The maximum absolute atomic E-state index is 11.5. The summed E-state index contributed by atoms with van der Waals surface area (Å²) in [5, 5.41) is 51.0. The third kappa shape index (κ3) is 6.10. The summed E-state index contributed by atoms with van der Waals surface area (Å²) in [7, 11) is 0. The lowest BCUT2D eigenvalue weighted by atomic mass is 9.88. The average Bonchev–Trinajstić information content (AvgIpc) is 2.59. The Bertz CT molecular complexity index is 610. The summed E-state index contributed by atoms with van der Waals surface area (Å²) in [6.07, 6.45) is -7.95. The maximum atomic E-state index is 11.5. The molecule has 28 heavy (non-hydrogen) atoms. The summed E-state index contributed by atoms with van der Waals surface area (Å²) in [6, 6.07) is -1.50. The summed E-state index contributed by atoms with van der Waals surface area (Å²) in [5.74, 6) is -7.46. The highest BCUT2D eigenvalue weighted by atomic mass is 16.7. The first-order valence-electron chi connectivity index (χ1n) is 8.11. The van der Waals surface area contributed by atoms with E-state index in [9.17, 15) is 34.5 Å². The zero-order valence-corrected chi connectivity index (χ0v) is 15.1. The third-order valence-corrected chi connectivity index (χ3v) is 3.88. The van der Waals surface area contributed by atoms with Crippen molar-refractivity contribution in [3.8, 4) is 0 Å². The van der Waals surface area contributed by atoms with Gasteiger partial charge in [0.25, 0.3) is 5.79 Å². The van der Waals surface area contributed by atoms with Crippen LogP contribution in [0.3, 0.4) is 0 Å². The van der Waals surface area contributed by atoms with E-state index in [2.05, 4.69) is 10.1 Å². The number of rotatable bonds is 8. The summed E-state index contributed by atoms with van der Waals surface area (Å²) in [5.41, 5.74) is 0. The van der Waals surface area contributed by atoms with Gasteiger partial charge in [-0.3, -0.25) is 14.4 Å². The van der Waals surface area contributed by atoms with Crippen molar-refractivity contribution in [3.63, 3.8) is 0 Å². The lowest BCUT2D eigenvalue weighted by Crippen LogP contribution is -2.67. The molecule has 1 heterocycles. The number of nitrogens with one attached hydrogen (secondary N) is 1. The van der Waals surface area contributed by atoms with E-state index in [0.29, 0.717) is 0 Å². The highest BCUT2D eigenvalue weighted by Gasteiger charge is 2.54. The Morgan fingerprint density at radius 3 is 2.32 bits per heavy atom. The smallest absolute Gasteiger partial charge is 0.364 e. The van der Waals surface area contributed by atoms with Gasteiger partial charge in [0.1, 0.15) is 25.4 Å². The van der Waals surface area contributed by atoms with Crippen LogP contribution in [0, 0.1) is 0 Å². The van der Waals surface area contributed by atoms with Crippen LogP contribution in [0.1, 0.15) is 20.3 Å². The number of hydrogen-bond donors (Lipinski definition) is 6. The van der Waals surface area contributed by atoms with Gasteiger partial charge >= 0.3 is 17.9 Å². The number of esters is 2. The molecule has 1 aliphatic rings. The van der Waals surface area contributed by atoms with E-state index >= 15 is 0 Å². The van der Waals surface area contributed by atoms with Gasteiger partial charge < -0.3 is 45.1 Å². The van der Waals surface area contributed by atoms with Crippen molar-refractivity contribution in [2.75, 3.05) is 13.2 Å². The molecule has 0 aromatic heterocycles. The predicted molar refractivity (Wildman–Crippen MR) is 85.3 cm³/mol. The summed E-state index contributed by atoms with van der Waals surface area (Å²) in [6.45, 7) is 0.391. The number of hydrogen-bond acceptors (Lipinski definition) is 11. The number of carbonyl (C=O) groups is 4. The molecule has 1 fully saturated rings. The van der Waals surface area contributed by atoms with Crippen molar-refractivity contribution in [2.45, 2.75) is 56.5 Å². The fourth-order valence-electron chi connectivity index (χ4n) is 2.63. The molecule has 6 unspecified atom stereocenters. The van der Waals surface area contributed by atoms with Crippen molar-refractivity contribution in [1.82, 2.24) is 5.32 Å². The molecule has 0 spiro atoms. The van der Waals surface area contributed by atoms with Crippen molar-refractivity contribution in [1.29, 1.82) is 0 Å². The maximum Gasteiger partial charge on any atom is 0.364 e. The van der Waals surface area contributed by atoms with Gasteiger partial charge in [0.2, 0.25) is 5.91 Å². The molecule has 1 aliphatic heterocycles. The quantitative estimate of drug-likeness (QED) is 0.214. The first kappa shape index (κ1) is 23.7. The minimum absolute atomic E-state index is 0.655. The van der Waals surface area contributed by atoms with E-state index in [0.717, 1.165) is 13.8 Å². The number of aliphatic hydroxyl groups excluding tert-OH is 3. The SMILES string of the molecule is CC(=O)OCC(OC(C)=O)C(O)C1OC(O)(C(=O)O)CC(O)C1NC(=O)CO. The minimum atomic E-state index is -2.92. The van der Waals surface area contributed by atoms with E-state index < -0.39 is 79.7 Å². The van der Waals surface area contributed by atoms with Gasteiger partial charge in [-0.1, -0.05) is 0 Å². The Kier molecular flexibility index (Phi) is 8.26. The Labute approximate surface area is 158 Å². The molecule has 1 saturated heterocycles. The highest BCUT2D eigenvalue weighted by Crippen LogP contribution is 2.31. The Morgan fingerprint density at radius 2 is 1.86 bits per heavy atom. The summed E-state index contributed by atoms with van der Waals surface area (Å²) < 4.78 is 14.5. The number of ether oxygens (including phenoxy) is 3. The largest absolute Gasteiger partial charge is 0.477 e. The van der Waals surface area contributed by atoms with Crippen LogP contribution in [0.2, 0.25) is 0 Å². The van der Waals surface area contributed by atoms with Crippen LogP contribution in [0.25, 0.3) is 0 Å². The average molecular weight is 409 g/mol. The second kappa shape index (κ2) is 9.75. The summed E-state index contributed by atoms with van der Waals surface area (Å²) >= 11 is 0. The van der Waals surface area contributed by atoms with Gasteiger partial charge in [0.15, 0.2) is 6.10 Å². The monoisotopic (exact) mass is 409 g/mol. The molecule has 13 nitrogen and oxygen atoms in total. The number of amides is 1. The fourth-order valence-corrected chi connectivity index (χ4v) is 2.63. The number of carboxylic acids is 1. The van der Waals surface area contributed by atoms with Gasteiger partial charge in [0.05, 0.1) is 12.1 Å². The Hall–Kier alpha value is -2.32. The van der Waals surface area contributed by atoms with Crippen molar-refractivity contribution in [3.05, 3.63) is 0 Å². The van der Waals surface area contributed by atoms with Crippen molar-refractivity contribution in [2.24, 2.45) is 0 Å². The standard InChI is InChI=1S/C15H23NO12/c1-6(18)26-5-9(27-7(2)19)12(22)13-11(16-10(21)4-17)8(20)3-15(25,28-13)14(23)24/h8-9,11-13,17,20,22,25H,3-5H2,1-2H3,(H,16,21)(H,23,24). The summed E-state index contributed by atoms with van der Waals surface area (Å²) in [4.78, 5) is 45.1. The first-order valence-corrected chi connectivity index (χ1v) is 8.11. The molecule has 1 amide bonds. The number of aliphatic carboxylic acids is 1. The number of carboxylic acid groups (broad SMARTS) is 1. The molecule has 6 N–H and O–H groups in total. The van der Waals surface area contributed by atoms with Gasteiger partial charge in [-0.25, -0.2) is 4.79 Å². The zero-order chi connectivity index (χ0) is 21.6. The predicted octanol–water partition coefficient (Wildman–Crippen LogP) is -3.76. The molecule has 0 bridgehead atoms. The van der Waals surface area contributed by atoms with Gasteiger partial charge in [-0.05, 0) is 0 Å². The fraction of sp³-hybridized carbons (Fsp3) is 0.733. The minimum Gasteiger partial charge on any atom is -0.477 e. The van der Waals surface area contributed by atoms with E-state index in [4.69, 9.17) is 19.7 Å². The van der Waals surface area contributed by atoms with Crippen LogP contribution in [-0.2, 0) is 33.4 Å². The number of aliphatic hydroxyl groups is 4. The molecule has 13 heteroatoms. The van der Waals surface area contributed by atoms with Crippen LogP contribution in [-0.4, -0.2) is 98.8 Å². The second-order valence-corrected chi connectivity index (χ2v) is 6.14. The van der Waals surface area contributed by atoms with Crippen LogP contribution >= 0.6 is 0 Å². The normalized spacial score (nSPS) is 29.3. The van der Waals surface area contributed by atoms with E-state index in [-0.39, 0.29) is 0 Å². The first-order chi connectivity index (χ1) is 12.9. The van der Waals surface area contributed by atoms with Crippen LogP contribution in [0.15, 0.2) is 0 Å².